The molecule has 1 fully saturated rings. The van der Waals surface area contributed by atoms with Crippen LogP contribution in [0.1, 0.15) is 28.8 Å². The molecule has 23 heavy (non-hydrogen) atoms. The Kier molecular flexibility index (Phi) is 4.76. The molecule has 120 valence electrons. The summed E-state index contributed by atoms with van der Waals surface area (Å²) < 4.78 is 5.20. The van der Waals surface area contributed by atoms with Crippen molar-refractivity contribution in [2.75, 3.05) is 19.0 Å². The highest BCUT2D eigenvalue weighted by molar-refractivity contribution is 5.94. The smallest absolute Gasteiger partial charge is 0.251 e. The lowest BCUT2D eigenvalue weighted by Gasteiger charge is -2.08. The van der Waals surface area contributed by atoms with E-state index in [0.29, 0.717) is 18.2 Å². The Morgan fingerprint density at radius 2 is 2.17 bits per heavy atom. The fraction of sp³-hybridized carbons (Fsp3) is 0.333. The second kappa shape index (κ2) is 7.13. The highest BCUT2D eigenvalue weighted by Crippen LogP contribution is 2.23. The van der Waals surface area contributed by atoms with Crippen LogP contribution in [0.15, 0.2) is 42.6 Å². The first-order chi connectivity index (χ1) is 11.2. The Morgan fingerprint density at radius 1 is 1.30 bits per heavy atom. The first-order valence-corrected chi connectivity index (χ1v) is 7.88. The van der Waals surface area contributed by atoms with Gasteiger partial charge in [-0.3, -0.25) is 4.79 Å². The van der Waals surface area contributed by atoms with E-state index in [9.17, 15) is 4.79 Å². The molecule has 1 saturated carbocycles. The molecular formula is C18H21N3O2. The number of hydrogen-bond acceptors (Lipinski definition) is 4. The first-order valence-electron chi connectivity index (χ1n) is 7.88. The van der Waals surface area contributed by atoms with E-state index in [0.717, 1.165) is 23.6 Å². The van der Waals surface area contributed by atoms with E-state index in [1.807, 2.05) is 24.3 Å². The molecule has 1 heterocycles. The average Bonchev–Trinajstić information content (AvgIpc) is 3.39. The number of pyridine rings is 1. The number of carbonyl (C=O) groups is 1. The van der Waals surface area contributed by atoms with Crippen LogP contribution < -0.4 is 15.4 Å². The standard InChI is InChI=1S/C18H21N3O2/c1-23-16-4-2-3-13(11-16)7-9-20-18(22)14-8-10-19-17(12-14)21-15-5-6-15/h2-4,8,10-12,15H,5-7,9H2,1H3,(H,19,21)(H,20,22). The molecule has 3 rings (SSSR count). The van der Waals surface area contributed by atoms with Crippen molar-refractivity contribution < 1.29 is 9.53 Å². The maximum atomic E-state index is 12.2. The molecule has 1 aromatic carbocycles. The maximum Gasteiger partial charge on any atom is 0.251 e. The van der Waals surface area contributed by atoms with Gasteiger partial charge in [0.2, 0.25) is 0 Å². The van der Waals surface area contributed by atoms with Gasteiger partial charge < -0.3 is 15.4 Å². The second-order valence-electron chi connectivity index (χ2n) is 5.71. The number of amides is 1. The molecule has 0 bridgehead atoms. The van der Waals surface area contributed by atoms with Crippen molar-refractivity contribution >= 4 is 11.7 Å². The minimum absolute atomic E-state index is 0.0749. The Morgan fingerprint density at radius 3 is 2.96 bits per heavy atom. The van der Waals surface area contributed by atoms with E-state index in [-0.39, 0.29) is 5.91 Å². The molecule has 5 heteroatoms. The summed E-state index contributed by atoms with van der Waals surface area (Å²) in [6.45, 7) is 0.583. The molecule has 2 N–H and O–H groups in total. The van der Waals surface area contributed by atoms with Crippen molar-refractivity contribution in [1.29, 1.82) is 0 Å². The van der Waals surface area contributed by atoms with E-state index in [2.05, 4.69) is 15.6 Å². The minimum Gasteiger partial charge on any atom is -0.497 e. The molecule has 0 saturated heterocycles. The number of benzene rings is 1. The number of carbonyl (C=O) groups excluding carboxylic acids is 1. The predicted molar refractivity (Wildman–Crippen MR) is 89.9 cm³/mol. The van der Waals surface area contributed by atoms with Gasteiger partial charge in [-0.2, -0.15) is 0 Å². The normalized spacial score (nSPS) is 13.4. The molecular weight excluding hydrogens is 290 g/mol. The van der Waals surface area contributed by atoms with E-state index >= 15 is 0 Å². The van der Waals surface area contributed by atoms with Crippen molar-refractivity contribution in [3.63, 3.8) is 0 Å². The summed E-state index contributed by atoms with van der Waals surface area (Å²) in [7, 11) is 1.65. The molecule has 0 spiro atoms. The van der Waals surface area contributed by atoms with Crippen LogP contribution in [0.5, 0.6) is 5.75 Å². The van der Waals surface area contributed by atoms with Gasteiger partial charge in [0.15, 0.2) is 0 Å². The monoisotopic (exact) mass is 311 g/mol. The Hall–Kier alpha value is -2.56. The first kappa shape index (κ1) is 15.3. The van der Waals surface area contributed by atoms with Gasteiger partial charge >= 0.3 is 0 Å². The van der Waals surface area contributed by atoms with Gasteiger partial charge in [-0.1, -0.05) is 12.1 Å². The molecule has 1 amide bonds. The molecule has 0 aliphatic heterocycles. The number of rotatable bonds is 7. The van der Waals surface area contributed by atoms with Gasteiger partial charge in [0.25, 0.3) is 5.91 Å². The van der Waals surface area contributed by atoms with Crippen LogP contribution in [-0.4, -0.2) is 30.6 Å². The Balaban J connectivity index is 1.52. The van der Waals surface area contributed by atoms with Crippen LogP contribution in [0.4, 0.5) is 5.82 Å². The van der Waals surface area contributed by atoms with Gasteiger partial charge in [0.1, 0.15) is 11.6 Å². The van der Waals surface area contributed by atoms with Crippen molar-refractivity contribution in [1.82, 2.24) is 10.3 Å². The third kappa shape index (κ3) is 4.45. The number of anilines is 1. The zero-order valence-corrected chi connectivity index (χ0v) is 13.2. The zero-order valence-electron chi connectivity index (χ0n) is 13.2. The lowest BCUT2D eigenvalue weighted by molar-refractivity contribution is 0.0954. The highest BCUT2D eigenvalue weighted by atomic mass is 16.5. The highest BCUT2D eigenvalue weighted by Gasteiger charge is 2.21. The molecule has 5 nitrogen and oxygen atoms in total. The molecule has 1 aliphatic carbocycles. The summed E-state index contributed by atoms with van der Waals surface area (Å²) in [4.78, 5) is 16.5. The number of nitrogens with zero attached hydrogens (tertiary/aromatic N) is 1. The molecule has 1 aromatic heterocycles. The lowest BCUT2D eigenvalue weighted by Crippen LogP contribution is -2.25. The SMILES string of the molecule is COc1cccc(CCNC(=O)c2ccnc(NC3CC3)c2)c1. The van der Waals surface area contributed by atoms with Gasteiger partial charge in [0, 0.05) is 24.3 Å². The molecule has 0 atom stereocenters. The largest absolute Gasteiger partial charge is 0.497 e. The molecule has 0 radical (unpaired) electrons. The van der Waals surface area contributed by atoms with Gasteiger partial charge in [-0.05, 0) is 49.1 Å². The summed E-state index contributed by atoms with van der Waals surface area (Å²) in [5.74, 6) is 1.53. The van der Waals surface area contributed by atoms with Crippen LogP contribution in [0.2, 0.25) is 0 Å². The predicted octanol–water partition coefficient (Wildman–Crippen LogP) is 2.64. The summed E-state index contributed by atoms with van der Waals surface area (Å²) in [6.07, 6.45) is 4.79. The summed E-state index contributed by atoms with van der Waals surface area (Å²) in [5.41, 5.74) is 1.77. The summed E-state index contributed by atoms with van der Waals surface area (Å²) >= 11 is 0. The number of nitrogens with one attached hydrogen (secondary N) is 2. The van der Waals surface area contributed by atoms with Crippen molar-refractivity contribution in [3.8, 4) is 5.75 Å². The van der Waals surface area contributed by atoms with Crippen LogP contribution in [0.25, 0.3) is 0 Å². The topological polar surface area (TPSA) is 63.2 Å². The third-order valence-electron chi connectivity index (χ3n) is 3.78. The number of aromatic nitrogens is 1. The third-order valence-corrected chi connectivity index (χ3v) is 3.78. The van der Waals surface area contributed by atoms with E-state index < -0.39 is 0 Å². The lowest BCUT2D eigenvalue weighted by atomic mass is 10.1. The quantitative estimate of drug-likeness (QED) is 0.825. The van der Waals surface area contributed by atoms with Crippen LogP contribution in [0, 0.1) is 0 Å². The number of methoxy groups -OCH3 is 1. The minimum atomic E-state index is -0.0749. The van der Waals surface area contributed by atoms with E-state index in [4.69, 9.17) is 4.74 Å². The van der Waals surface area contributed by atoms with Crippen LogP contribution in [0.3, 0.4) is 0 Å². The van der Waals surface area contributed by atoms with Crippen LogP contribution in [-0.2, 0) is 6.42 Å². The van der Waals surface area contributed by atoms with Crippen molar-refractivity contribution in [2.24, 2.45) is 0 Å². The average molecular weight is 311 g/mol. The van der Waals surface area contributed by atoms with Gasteiger partial charge in [0.05, 0.1) is 7.11 Å². The Labute approximate surface area is 136 Å². The molecule has 1 aliphatic rings. The number of hydrogen-bond donors (Lipinski definition) is 2. The fourth-order valence-electron chi connectivity index (χ4n) is 2.34. The molecule has 2 aromatic rings. The van der Waals surface area contributed by atoms with E-state index in [1.54, 1.807) is 25.4 Å². The van der Waals surface area contributed by atoms with Gasteiger partial charge in [-0.25, -0.2) is 4.98 Å². The number of ether oxygens (including phenoxy) is 1. The van der Waals surface area contributed by atoms with Crippen molar-refractivity contribution in [2.45, 2.75) is 25.3 Å². The summed E-state index contributed by atoms with van der Waals surface area (Å²) in [6, 6.07) is 11.9. The molecule has 0 unspecified atom stereocenters. The Bertz CT molecular complexity index is 683. The summed E-state index contributed by atoms with van der Waals surface area (Å²) in [5, 5.41) is 6.25. The van der Waals surface area contributed by atoms with E-state index in [1.165, 1.54) is 12.8 Å². The van der Waals surface area contributed by atoms with Crippen LogP contribution >= 0.6 is 0 Å². The zero-order chi connectivity index (χ0) is 16.1. The van der Waals surface area contributed by atoms with Crippen molar-refractivity contribution in [3.05, 3.63) is 53.7 Å². The van der Waals surface area contributed by atoms with Gasteiger partial charge in [-0.15, -0.1) is 0 Å². The fourth-order valence-corrected chi connectivity index (χ4v) is 2.34. The maximum absolute atomic E-state index is 12.2. The second-order valence-corrected chi connectivity index (χ2v) is 5.71.